The van der Waals surface area contributed by atoms with Crippen molar-refractivity contribution < 1.29 is 28.0 Å². The highest BCUT2D eigenvalue weighted by Crippen LogP contribution is 2.30. The molecule has 0 aromatic carbocycles. The Morgan fingerprint density at radius 2 is 1.50 bits per heavy atom. The Bertz CT molecular complexity index is 158. The average Bonchev–Trinajstić information content (AvgIpc) is 1.85. The van der Waals surface area contributed by atoms with Gasteiger partial charge in [-0.2, -0.15) is 0 Å². The molecule has 9 heteroatoms. The maximum absolute atomic E-state index is 9.44. The van der Waals surface area contributed by atoms with E-state index >= 15 is 0 Å². The monoisotopic (exact) mass is 219 g/mol. The van der Waals surface area contributed by atoms with Crippen LogP contribution in [-0.2, 0) is 18.2 Å². The summed E-state index contributed by atoms with van der Waals surface area (Å²) in [6.45, 7) is 0. The highest BCUT2D eigenvalue weighted by atomic mass is 31.2. The quantitative estimate of drug-likeness (QED) is 0.488. The lowest BCUT2D eigenvalue weighted by Gasteiger charge is -1.93. The Kier molecular flexibility index (Phi) is 10.6. The van der Waals surface area contributed by atoms with E-state index in [9.17, 15) is 13.9 Å². The van der Waals surface area contributed by atoms with Gasteiger partial charge in [-0.05, 0) is 0 Å². The van der Waals surface area contributed by atoms with E-state index < -0.39 is 16.5 Å². The van der Waals surface area contributed by atoms with Crippen LogP contribution in [0.3, 0.4) is 0 Å². The second-order valence-corrected chi connectivity index (χ2v) is 3.58. The summed E-state index contributed by atoms with van der Waals surface area (Å²) in [5, 5.41) is 0. The zero-order chi connectivity index (χ0) is 10.1. The average molecular weight is 219 g/mol. The Morgan fingerprint density at radius 3 is 1.50 bits per heavy atom. The summed E-state index contributed by atoms with van der Waals surface area (Å²) in [5.74, 6) is 0. The van der Waals surface area contributed by atoms with Crippen LogP contribution in [0.15, 0.2) is 0 Å². The molecule has 74 valence electrons. The van der Waals surface area contributed by atoms with Gasteiger partial charge in [0, 0.05) is 14.1 Å². The Hall–Kier alpha value is -0.190. The minimum Gasteiger partial charge on any atom is -0.351 e. The van der Waals surface area contributed by atoms with Gasteiger partial charge in [0.1, 0.15) is 0 Å². The molecule has 0 aliphatic carbocycles. The van der Waals surface area contributed by atoms with Crippen molar-refractivity contribution in [3.8, 4) is 0 Å². The molecule has 0 fully saturated rings. The van der Waals surface area contributed by atoms with E-state index in [4.69, 9.17) is 9.79 Å². The van der Waals surface area contributed by atoms with Crippen molar-refractivity contribution in [1.82, 2.24) is 4.90 Å². The molecule has 0 aliphatic rings. The molecule has 0 heterocycles. The van der Waals surface area contributed by atoms with Gasteiger partial charge in [-0.3, -0.25) is 13.9 Å². The van der Waals surface area contributed by atoms with Crippen molar-refractivity contribution in [3.05, 3.63) is 0 Å². The SMILES string of the molecule is CN(C)C=O.O=[PH](O)O[PH](=O)O. The summed E-state index contributed by atoms with van der Waals surface area (Å²) in [6.07, 6.45) is 0.750. The van der Waals surface area contributed by atoms with Gasteiger partial charge >= 0.3 is 16.5 Å². The third-order valence-electron chi connectivity index (χ3n) is 0.385. The van der Waals surface area contributed by atoms with E-state index in [0.717, 1.165) is 6.41 Å². The molecule has 0 aromatic heterocycles. The molecular formula is C3H11NO6P2. The van der Waals surface area contributed by atoms with Crippen LogP contribution in [-0.4, -0.2) is 35.2 Å². The normalized spacial score (nSPS) is 13.7. The molecule has 2 unspecified atom stereocenters. The summed E-state index contributed by atoms with van der Waals surface area (Å²) in [7, 11) is -3.03. The summed E-state index contributed by atoms with van der Waals surface area (Å²) < 4.78 is 22.3. The first kappa shape index (κ1) is 14.3. The van der Waals surface area contributed by atoms with E-state index in [1.165, 1.54) is 4.90 Å². The lowest BCUT2D eigenvalue weighted by Crippen LogP contribution is -2.06. The Balaban J connectivity index is 0. The fourth-order valence-corrected chi connectivity index (χ4v) is 0.672. The van der Waals surface area contributed by atoms with E-state index in [1.54, 1.807) is 14.1 Å². The number of carbonyl (C=O) groups is 1. The van der Waals surface area contributed by atoms with Crippen LogP contribution in [0.4, 0.5) is 0 Å². The molecule has 2 atom stereocenters. The number of hydrogen-bond acceptors (Lipinski definition) is 4. The molecule has 0 rings (SSSR count). The van der Waals surface area contributed by atoms with Gasteiger partial charge in [-0.25, -0.2) is 4.31 Å². The maximum atomic E-state index is 9.44. The summed E-state index contributed by atoms with van der Waals surface area (Å²) >= 11 is 0. The number of carbonyl (C=O) groups excluding carboxylic acids is 1. The lowest BCUT2D eigenvalue weighted by molar-refractivity contribution is -0.115. The lowest BCUT2D eigenvalue weighted by atomic mass is 11.0. The largest absolute Gasteiger partial charge is 0.351 e. The van der Waals surface area contributed by atoms with Gasteiger partial charge < -0.3 is 14.7 Å². The molecule has 12 heavy (non-hydrogen) atoms. The first-order valence-corrected chi connectivity index (χ1v) is 5.18. The van der Waals surface area contributed by atoms with Crippen LogP contribution in [0, 0.1) is 0 Å². The summed E-state index contributed by atoms with van der Waals surface area (Å²) in [6, 6.07) is 0. The number of rotatable bonds is 3. The van der Waals surface area contributed by atoms with Gasteiger partial charge in [0.2, 0.25) is 6.41 Å². The highest BCUT2D eigenvalue weighted by Gasteiger charge is 1.93. The van der Waals surface area contributed by atoms with E-state index in [1.807, 2.05) is 0 Å². The smallest absolute Gasteiger partial charge is 0.323 e. The van der Waals surface area contributed by atoms with E-state index in [0.29, 0.717) is 0 Å². The minimum absolute atomic E-state index is 0.750. The second-order valence-electron chi connectivity index (χ2n) is 1.70. The predicted molar refractivity (Wildman–Crippen MR) is 43.3 cm³/mol. The van der Waals surface area contributed by atoms with Gasteiger partial charge in [0.05, 0.1) is 0 Å². The number of nitrogens with zero attached hydrogens (tertiary/aromatic N) is 1. The highest BCUT2D eigenvalue weighted by molar-refractivity contribution is 7.46. The van der Waals surface area contributed by atoms with Crippen LogP contribution in [0.2, 0.25) is 0 Å². The third kappa shape index (κ3) is 22.6. The first-order chi connectivity index (χ1) is 5.40. The summed E-state index contributed by atoms with van der Waals surface area (Å²) in [4.78, 5) is 26.3. The maximum Gasteiger partial charge on any atom is 0.323 e. The van der Waals surface area contributed by atoms with E-state index in [2.05, 4.69) is 4.31 Å². The van der Waals surface area contributed by atoms with Crippen molar-refractivity contribution in [2.45, 2.75) is 0 Å². The molecule has 0 aliphatic heterocycles. The van der Waals surface area contributed by atoms with Gasteiger partial charge in [0.15, 0.2) is 0 Å². The zero-order valence-electron chi connectivity index (χ0n) is 6.55. The fourth-order valence-electron chi connectivity index (χ4n) is 0.0747. The van der Waals surface area contributed by atoms with Crippen molar-refractivity contribution >= 4 is 22.9 Å². The molecule has 0 bridgehead atoms. The summed E-state index contributed by atoms with van der Waals surface area (Å²) in [5.41, 5.74) is 0. The Labute approximate surface area is 70.9 Å². The molecule has 0 spiro atoms. The van der Waals surface area contributed by atoms with Gasteiger partial charge in [-0.1, -0.05) is 0 Å². The molecular weight excluding hydrogens is 208 g/mol. The molecule has 2 N–H and O–H groups in total. The second kappa shape index (κ2) is 8.90. The molecule has 1 amide bonds. The van der Waals surface area contributed by atoms with E-state index in [-0.39, 0.29) is 0 Å². The molecule has 0 saturated carbocycles. The molecule has 0 saturated heterocycles. The van der Waals surface area contributed by atoms with Gasteiger partial charge in [-0.15, -0.1) is 0 Å². The fraction of sp³-hybridized carbons (Fsp3) is 0.667. The minimum atomic E-state index is -3.20. The van der Waals surface area contributed by atoms with Gasteiger partial charge in [0.25, 0.3) is 0 Å². The van der Waals surface area contributed by atoms with Crippen LogP contribution in [0.25, 0.3) is 0 Å². The van der Waals surface area contributed by atoms with Crippen molar-refractivity contribution in [3.63, 3.8) is 0 Å². The van der Waals surface area contributed by atoms with Crippen LogP contribution < -0.4 is 0 Å². The van der Waals surface area contributed by atoms with Crippen molar-refractivity contribution in [1.29, 1.82) is 0 Å². The first-order valence-electron chi connectivity index (χ1n) is 2.65. The topological polar surface area (TPSA) is 104 Å². The van der Waals surface area contributed by atoms with Crippen LogP contribution in [0.1, 0.15) is 0 Å². The molecule has 7 nitrogen and oxygen atoms in total. The number of hydrogen-bond donors (Lipinski definition) is 2. The molecule has 0 radical (unpaired) electrons. The zero-order valence-corrected chi connectivity index (χ0v) is 8.55. The standard InChI is InChI=1S/C3H7NO.H4O5P2/c1-4(2)3-5;1-6(2)5-7(3)4/h3H,1-2H3;6-7H,(H,1,2)(H,3,4). The third-order valence-corrected chi connectivity index (χ3v) is 1.78. The van der Waals surface area contributed by atoms with Crippen LogP contribution in [0.5, 0.6) is 0 Å². The molecule has 0 aromatic rings. The van der Waals surface area contributed by atoms with Crippen molar-refractivity contribution in [2.24, 2.45) is 0 Å². The predicted octanol–water partition coefficient (Wildman–Crippen LogP) is -0.529. The van der Waals surface area contributed by atoms with Crippen molar-refractivity contribution in [2.75, 3.05) is 14.1 Å². The Morgan fingerprint density at radius 1 is 1.25 bits per heavy atom. The van der Waals surface area contributed by atoms with Crippen LogP contribution >= 0.6 is 16.5 Å². The number of amides is 1.